The van der Waals surface area contributed by atoms with Crippen LogP contribution in [0.2, 0.25) is 0 Å². The van der Waals surface area contributed by atoms with Crippen molar-refractivity contribution in [1.29, 1.82) is 0 Å². The smallest absolute Gasteiger partial charge is 0.366 e. The summed E-state index contributed by atoms with van der Waals surface area (Å²) in [6.45, 7) is 1.73. The van der Waals surface area contributed by atoms with E-state index in [1.165, 1.54) is 12.1 Å². The zero-order chi connectivity index (χ0) is 23.0. The SMILES string of the molecule is CN1CCC(N(C)C2=C(c3ccccc3)C(=O)N(c3cccc(C(F)(F)F)c3)C2=O)CC1. The van der Waals surface area contributed by atoms with Gasteiger partial charge in [-0.25, -0.2) is 4.90 Å². The Kier molecular flexibility index (Phi) is 5.81. The van der Waals surface area contributed by atoms with Crippen LogP contribution in [0.1, 0.15) is 24.0 Å². The van der Waals surface area contributed by atoms with Gasteiger partial charge >= 0.3 is 6.18 Å². The summed E-state index contributed by atoms with van der Waals surface area (Å²) in [7, 11) is 3.82. The molecule has 0 atom stereocenters. The molecule has 5 nitrogen and oxygen atoms in total. The van der Waals surface area contributed by atoms with Crippen molar-refractivity contribution in [2.75, 3.05) is 32.1 Å². The number of benzene rings is 2. The molecule has 0 spiro atoms. The summed E-state index contributed by atoms with van der Waals surface area (Å²) in [5.74, 6) is -1.22. The minimum Gasteiger partial charge on any atom is -0.366 e. The number of amides is 2. The number of likely N-dealkylation sites (tertiary alicyclic amines) is 1. The van der Waals surface area contributed by atoms with Crippen LogP contribution < -0.4 is 4.90 Å². The average Bonchev–Trinajstić information content (AvgIpc) is 3.04. The molecule has 1 fully saturated rings. The van der Waals surface area contributed by atoms with Crippen LogP contribution in [0.15, 0.2) is 60.3 Å². The fourth-order valence-corrected chi connectivity index (χ4v) is 4.33. The van der Waals surface area contributed by atoms with E-state index >= 15 is 0 Å². The van der Waals surface area contributed by atoms with Gasteiger partial charge in [-0.3, -0.25) is 9.59 Å². The molecule has 2 heterocycles. The molecule has 168 valence electrons. The quantitative estimate of drug-likeness (QED) is 0.670. The molecule has 0 aliphatic carbocycles. The van der Waals surface area contributed by atoms with Crippen LogP contribution in [-0.2, 0) is 15.8 Å². The first-order chi connectivity index (χ1) is 15.2. The number of carbonyl (C=O) groups excluding carboxylic acids is 2. The maximum Gasteiger partial charge on any atom is 0.416 e. The molecule has 2 amide bonds. The van der Waals surface area contributed by atoms with Crippen molar-refractivity contribution in [3.05, 3.63) is 71.4 Å². The summed E-state index contributed by atoms with van der Waals surface area (Å²) >= 11 is 0. The fraction of sp³-hybridized carbons (Fsp3) is 0.333. The Labute approximate surface area is 184 Å². The highest BCUT2D eigenvalue weighted by atomic mass is 19.4. The third-order valence-electron chi connectivity index (χ3n) is 6.14. The lowest BCUT2D eigenvalue weighted by Gasteiger charge is -2.36. The third kappa shape index (κ3) is 4.02. The minimum absolute atomic E-state index is 0.0538. The Hall–Kier alpha value is -3.13. The molecule has 0 N–H and O–H groups in total. The number of imide groups is 1. The second kappa shape index (κ2) is 8.43. The molecule has 4 rings (SSSR count). The Balaban J connectivity index is 1.77. The van der Waals surface area contributed by atoms with Crippen molar-refractivity contribution in [3.63, 3.8) is 0 Å². The van der Waals surface area contributed by atoms with Gasteiger partial charge in [-0.2, -0.15) is 13.2 Å². The van der Waals surface area contributed by atoms with Crippen molar-refractivity contribution < 1.29 is 22.8 Å². The number of piperidine rings is 1. The van der Waals surface area contributed by atoms with E-state index < -0.39 is 23.6 Å². The van der Waals surface area contributed by atoms with E-state index in [1.807, 2.05) is 11.9 Å². The lowest BCUT2D eigenvalue weighted by Crippen LogP contribution is -2.43. The number of likely N-dealkylation sites (N-methyl/N-ethyl adjacent to an activating group) is 1. The molecule has 2 aliphatic rings. The first-order valence-electron chi connectivity index (χ1n) is 10.5. The van der Waals surface area contributed by atoms with Gasteiger partial charge < -0.3 is 9.80 Å². The molecule has 0 bridgehead atoms. The standard InChI is InChI=1S/C24H24F3N3O2/c1-28-13-11-18(12-14-28)29(2)21-20(16-7-4-3-5-8-16)22(31)30(23(21)32)19-10-6-9-17(15-19)24(25,26)27/h3-10,15,18H,11-14H2,1-2H3. The average molecular weight is 443 g/mol. The minimum atomic E-state index is -4.58. The summed E-state index contributed by atoms with van der Waals surface area (Å²) in [4.78, 5) is 31.9. The van der Waals surface area contributed by atoms with Gasteiger partial charge in [0.15, 0.2) is 0 Å². The second-order valence-corrected chi connectivity index (χ2v) is 8.23. The van der Waals surface area contributed by atoms with Gasteiger partial charge in [0.05, 0.1) is 16.8 Å². The molecular formula is C24H24F3N3O2. The first-order valence-corrected chi connectivity index (χ1v) is 10.5. The third-order valence-corrected chi connectivity index (χ3v) is 6.14. The van der Waals surface area contributed by atoms with Crippen molar-refractivity contribution in [2.24, 2.45) is 0 Å². The van der Waals surface area contributed by atoms with E-state index in [0.29, 0.717) is 5.56 Å². The molecule has 32 heavy (non-hydrogen) atoms. The van der Waals surface area contributed by atoms with Crippen LogP contribution in [0.25, 0.3) is 5.57 Å². The van der Waals surface area contributed by atoms with E-state index in [0.717, 1.165) is 43.0 Å². The second-order valence-electron chi connectivity index (χ2n) is 8.23. The summed E-state index contributed by atoms with van der Waals surface area (Å²) < 4.78 is 39.8. The summed E-state index contributed by atoms with van der Waals surface area (Å²) in [6, 6.07) is 13.2. The fourth-order valence-electron chi connectivity index (χ4n) is 4.33. The molecule has 2 aromatic carbocycles. The summed E-state index contributed by atoms with van der Waals surface area (Å²) in [5, 5.41) is 0. The highest BCUT2D eigenvalue weighted by Crippen LogP contribution is 2.38. The van der Waals surface area contributed by atoms with Gasteiger partial charge in [0, 0.05) is 13.1 Å². The number of rotatable bonds is 4. The molecule has 8 heteroatoms. The Morgan fingerprint density at radius 1 is 0.938 bits per heavy atom. The van der Waals surface area contributed by atoms with Crippen molar-refractivity contribution in [2.45, 2.75) is 25.1 Å². The highest BCUT2D eigenvalue weighted by Gasteiger charge is 2.44. The van der Waals surface area contributed by atoms with Crippen LogP contribution in [0.3, 0.4) is 0 Å². The van der Waals surface area contributed by atoms with Crippen molar-refractivity contribution in [1.82, 2.24) is 9.80 Å². The van der Waals surface area contributed by atoms with Gasteiger partial charge in [-0.1, -0.05) is 36.4 Å². The van der Waals surface area contributed by atoms with E-state index in [9.17, 15) is 22.8 Å². The highest BCUT2D eigenvalue weighted by molar-refractivity contribution is 6.45. The van der Waals surface area contributed by atoms with Gasteiger partial charge in [0.25, 0.3) is 11.8 Å². The normalized spacial score (nSPS) is 18.6. The molecule has 2 aliphatic heterocycles. The van der Waals surface area contributed by atoms with Crippen molar-refractivity contribution in [3.8, 4) is 0 Å². The number of carbonyl (C=O) groups is 2. The molecule has 0 saturated carbocycles. The van der Waals surface area contributed by atoms with Crippen LogP contribution in [0.4, 0.5) is 18.9 Å². The van der Waals surface area contributed by atoms with Crippen LogP contribution >= 0.6 is 0 Å². The number of hydrogen-bond acceptors (Lipinski definition) is 4. The van der Waals surface area contributed by atoms with Crippen LogP contribution in [-0.4, -0.2) is 54.8 Å². The van der Waals surface area contributed by atoms with E-state index in [2.05, 4.69) is 4.90 Å². The molecular weight excluding hydrogens is 419 g/mol. The maximum atomic E-state index is 13.5. The zero-order valence-electron chi connectivity index (χ0n) is 17.9. The monoisotopic (exact) mass is 443 g/mol. The van der Waals surface area contributed by atoms with Crippen molar-refractivity contribution >= 4 is 23.1 Å². The molecule has 0 radical (unpaired) electrons. The predicted octanol–water partition coefficient (Wildman–Crippen LogP) is 4.02. The van der Waals surface area contributed by atoms with Crippen LogP contribution in [0, 0.1) is 0 Å². The topological polar surface area (TPSA) is 43.9 Å². The first kappa shape index (κ1) is 22.1. The predicted molar refractivity (Wildman–Crippen MR) is 116 cm³/mol. The number of hydrogen-bond donors (Lipinski definition) is 0. The van der Waals surface area contributed by atoms with Gasteiger partial charge in [-0.05, 0) is 56.7 Å². The van der Waals surface area contributed by atoms with E-state index in [-0.39, 0.29) is 23.0 Å². The number of anilines is 1. The Bertz CT molecular complexity index is 1060. The Morgan fingerprint density at radius 2 is 1.59 bits per heavy atom. The number of halogens is 3. The van der Waals surface area contributed by atoms with Crippen LogP contribution in [0.5, 0.6) is 0 Å². The summed E-state index contributed by atoms with van der Waals surface area (Å²) in [6.07, 6.45) is -2.93. The van der Waals surface area contributed by atoms with E-state index in [1.54, 1.807) is 37.4 Å². The zero-order valence-corrected chi connectivity index (χ0v) is 17.9. The maximum absolute atomic E-state index is 13.5. The molecule has 0 unspecified atom stereocenters. The number of alkyl halides is 3. The lowest BCUT2D eigenvalue weighted by atomic mass is 10.0. The molecule has 1 saturated heterocycles. The van der Waals surface area contributed by atoms with Gasteiger partial charge in [0.1, 0.15) is 5.70 Å². The lowest BCUT2D eigenvalue weighted by molar-refractivity contribution is -0.137. The Morgan fingerprint density at radius 3 is 2.22 bits per heavy atom. The van der Waals surface area contributed by atoms with Gasteiger partial charge in [-0.15, -0.1) is 0 Å². The van der Waals surface area contributed by atoms with Gasteiger partial charge in [0.2, 0.25) is 0 Å². The largest absolute Gasteiger partial charge is 0.416 e. The summed E-state index contributed by atoms with van der Waals surface area (Å²) in [5.41, 5.74) is 0.0155. The molecule has 2 aromatic rings. The molecule has 0 aromatic heterocycles. The number of nitrogens with zero attached hydrogens (tertiary/aromatic N) is 3. The van der Waals surface area contributed by atoms with E-state index in [4.69, 9.17) is 0 Å².